The number of aromatic hydroxyl groups is 1. The van der Waals surface area contributed by atoms with E-state index in [0.717, 1.165) is 0 Å². The number of nitrogens with zero attached hydrogens (tertiary/aromatic N) is 3. The number of amides is 1. The van der Waals surface area contributed by atoms with Crippen molar-refractivity contribution in [3.05, 3.63) is 39.9 Å². The molecular weight excluding hydrogens is 474 g/mol. The molecule has 8 N–H and O–H groups in total. The molecule has 1 amide bonds. The number of carbonyl (C=O) groups excluding carboxylic acids is 3. The zero-order valence-corrected chi connectivity index (χ0v) is 20.0. The third kappa shape index (κ3) is 3.03. The molecule has 1 aromatic carbocycles. The number of nitrogens with two attached hydrogens (primary N) is 1. The monoisotopic (exact) mass is 501 g/mol. The molecule has 0 spiro atoms. The van der Waals surface area contributed by atoms with E-state index in [1.807, 2.05) is 0 Å². The molecule has 0 saturated carbocycles. The van der Waals surface area contributed by atoms with E-state index in [1.165, 1.54) is 25.1 Å². The Morgan fingerprint density at radius 1 is 1.19 bits per heavy atom. The number of phenols is 1. The Bertz CT molecular complexity index is 1300. The van der Waals surface area contributed by atoms with E-state index in [2.05, 4.69) is 5.11 Å². The molecule has 1 aromatic rings. The molecular formula is C23H27N5O8. The Hall–Kier alpha value is -3.81. The van der Waals surface area contributed by atoms with Crippen molar-refractivity contribution in [3.8, 4) is 5.75 Å². The fraction of sp³-hybridized carbons (Fsp3) is 0.435. The van der Waals surface area contributed by atoms with Gasteiger partial charge in [0.15, 0.2) is 17.1 Å². The van der Waals surface area contributed by atoms with Gasteiger partial charge in [-0.05, 0) is 32.1 Å². The minimum atomic E-state index is -2.97. The van der Waals surface area contributed by atoms with Crippen molar-refractivity contribution in [3.63, 3.8) is 0 Å². The highest BCUT2D eigenvalue weighted by Crippen LogP contribution is 2.54. The summed E-state index contributed by atoms with van der Waals surface area (Å²) >= 11 is 0. The average molecular weight is 501 g/mol. The number of anilines is 1. The predicted octanol–water partition coefficient (Wildman–Crippen LogP) is -0.180. The number of fused-ring (bicyclic) bond motifs is 3. The van der Waals surface area contributed by atoms with Crippen LogP contribution in [0.1, 0.15) is 15.9 Å². The third-order valence-corrected chi connectivity index (χ3v) is 7.36. The molecule has 0 fully saturated rings. The molecule has 0 aromatic heterocycles. The topological polar surface area (TPSA) is 221 Å². The lowest BCUT2D eigenvalue weighted by atomic mass is 9.57. The number of primary amides is 1. The van der Waals surface area contributed by atoms with Crippen LogP contribution in [0.2, 0.25) is 0 Å². The number of benzene rings is 1. The van der Waals surface area contributed by atoms with Crippen molar-refractivity contribution in [2.75, 3.05) is 33.1 Å². The average Bonchev–Trinajstić information content (AvgIpc) is 2.78. The molecule has 192 valence electrons. The van der Waals surface area contributed by atoms with E-state index in [1.54, 1.807) is 19.0 Å². The van der Waals surface area contributed by atoms with Gasteiger partial charge in [-0.2, -0.15) is 5.11 Å². The lowest BCUT2D eigenvalue weighted by molar-refractivity contribution is -0.161. The number of hydrogen-bond acceptors (Lipinski definition) is 12. The molecule has 0 radical (unpaired) electrons. The van der Waals surface area contributed by atoms with Gasteiger partial charge in [0.05, 0.1) is 23.6 Å². The van der Waals surface area contributed by atoms with Crippen LogP contribution in [0.25, 0.3) is 0 Å². The molecule has 0 bridgehead atoms. The molecule has 0 aliphatic heterocycles. The van der Waals surface area contributed by atoms with Crippen molar-refractivity contribution in [1.82, 2.24) is 4.90 Å². The Labute approximate surface area is 205 Å². The summed E-state index contributed by atoms with van der Waals surface area (Å²) in [6.45, 7) is 0. The van der Waals surface area contributed by atoms with Gasteiger partial charge in [-0.15, -0.1) is 0 Å². The molecule has 4 rings (SSSR count). The molecule has 3 aliphatic carbocycles. The van der Waals surface area contributed by atoms with Gasteiger partial charge in [-0.25, -0.2) is 5.53 Å². The molecule has 13 nitrogen and oxygen atoms in total. The summed E-state index contributed by atoms with van der Waals surface area (Å²) in [5, 5.41) is 59.1. The normalized spacial score (nSPS) is 29.6. The summed E-state index contributed by atoms with van der Waals surface area (Å²) in [5.41, 5.74) is 8.42. The number of carbonyl (C=O) groups is 3. The molecule has 2 unspecified atom stereocenters. The minimum Gasteiger partial charge on any atom is -0.510 e. The van der Waals surface area contributed by atoms with E-state index in [0.29, 0.717) is 11.3 Å². The van der Waals surface area contributed by atoms with Crippen LogP contribution in [0.5, 0.6) is 5.75 Å². The fourth-order valence-corrected chi connectivity index (χ4v) is 5.78. The smallest absolute Gasteiger partial charge is 0.255 e. The number of aliphatic hydroxyl groups is 4. The number of nitrogens with one attached hydrogen (secondary N) is 1. The highest BCUT2D eigenvalue weighted by molar-refractivity contribution is 6.25. The van der Waals surface area contributed by atoms with Crippen LogP contribution in [-0.2, 0) is 16.0 Å². The Morgan fingerprint density at radius 3 is 2.31 bits per heavy atom. The molecule has 5 atom stereocenters. The Kier molecular flexibility index (Phi) is 5.70. The Balaban J connectivity index is 2.06. The van der Waals surface area contributed by atoms with Gasteiger partial charge in [0.25, 0.3) is 5.91 Å². The second-order valence-corrected chi connectivity index (χ2v) is 9.67. The minimum absolute atomic E-state index is 0.102. The van der Waals surface area contributed by atoms with Gasteiger partial charge >= 0.3 is 0 Å². The SMILES string of the molecule is CN(C)c1cc(N=N)c(O)c2c1CC1C(=C(O)[C@]3(O)C(=O)C(C(N)=O)=C(O)[C@@H](N(C)C)C3[C@H]1O)C2=O. The summed E-state index contributed by atoms with van der Waals surface area (Å²) in [4.78, 5) is 42.0. The number of aliphatic hydroxyl groups excluding tert-OH is 3. The quantitative estimate of drug-likeness (QED) is 0.213. The van der Waals surface area contributed by atoms with E-state index in [-0.39, 0.29) is 17.7 Å². The fourth-order valence-electron chi connectivity index (χ4n) is 5.78. The molecule has 0 heterocycles. The first-order valence-corrected chi connectivity index (χ1v) is 11.0. The van der Waals surface area contributed by atoms with Gasteiger partial charge < -0.3 is 36.2 Å². The summed E-state index contributed by atoms with van der Waals surface area (Å²) in [5.74, 6) is -9.01. The van der Waals surface area contributed by atoms with Crippen molar-refractivity contribution in [1.29, 1.82) is 5.53 Å². The van der Waals surface area contributed by atoms with E-state index in [9.17, 15) is 39.9 Å². The zero-order chi connectivity index (χ0) is 27.0. The number of phenolic OH excluding ortho intramolecular Hbond substituents is 1. The van der Waals surface area contributed by atoms with Crippen LogP contribution >= 0.6 is 0 Å². The van der Waals surface area contributed by atoms with Crippen LogP contribution in [0.15, 0.2) is 33.8 Å². The first-order valence-electron chi connectivity index (χ1n) is 11.0. The maximum atomic E-state index is 13.7. The predicted molar refractivity (Wildman–Crippen MR) is 124 cm³/mol. The maximum Gasteiger partial charge on any atom is 0.255 e. The van der Waals surface area contributed by atoms with Crippen molar-refractivity contribution in [2.45, 2.75) is 24.2 Å². The van der Waals surface area contributed by atoms with Crippen LogP contribution in [0.4, 0.5) is 11.4 Å². The lowest BCUT2D eigenvalue weighted by Crippen LogP contribution is -2.68. The van der Waals surface area contributed by atoms with Gasteiger partial charge in [-0.1, -0.05) is 0 Å². The summed E-state index contributed by atoms with van der Waals surface area (Å²) in [6, 6.07) is 0.0753. The standard InChI is InChI=1S/C23H27N5O8/c1-27(2)10-6-9(26-25)17(30)11-7(10)5-8-12(18(11)31)20(33)23(36)14(16(8)29)15(28(3)4)19(32)13(21(23)34)22(24)35/h6,8,14-16,25,29-30,32-33,36H,5H2,1-4H3,(H2,24,35)/t8?,14?,15-,16-,23-/m0/s1. The lowest BCUT2D eigenvalue weighted by Gasteiger charge is -2.52. The van der Waals surface area contributed by atoms with Crippen LogP contribution < -0.4 is 10.6 Å². The number of ketones is 2. The van der Waals surface area contributed by atoms with Crippen molar-refractivity contribution in [2.24, 2.45) is 22.7 Å². The molecule has 3 aliphatic rings. The van der Waals surface area contributed by atoms with E-state index >= 15 is 0 Å². The highest BCUT2D eigenvalue weighted by Gasteiger charge is 2.66. The van der Waals surface area contributed by atoms with Gasteiger partial charge in [0, 0.05) is 31.3 Å². The first-order chi connectivity index (χ1) is 16.7. The molecule has 13 heteroatoms. The van der Waals surface area contributed by atoms with Crippen molar-refractivity contribution >= 4 is 28.8 Å². The maximum absolute atomic E-state index is 13.7. The summed E-state index contributed by atoms with van der Waals surface area (Å²) in [7, 11) is 6.27. The zero-order valence-electron chi connectivity index (χ0n) is 20.0. The number of rotatable bonds is 4. The van der Waals surface area contributed by atoms with Crippen LogP contribution in [0.3, 0.4) is 0 Å². The number of Topliss-reactive ketones (excluding diaryl/α,β-unsaturated/α-hetero) is 2. The van der Waals surface area contributed by atoms with Gasteiger partial charge in [0.2, 0.25) is 5.78 Å². The Morgan fingerprint density at radius 2 is 1.81 bits per heavy atom. The largest absolute Gasteiger partial charge is 0.510 e. The summed E-state index contributed by atoms with van der Waals surface area (Å²) in [6.07, 6.45) is -1.77. The van der Waals surface area contributed by atoms with Crippen LogP contribution in [0, 0.1) is 17.4 Å². The summed E-state index contributed by atoms with van der Waals surface area (Å²) < 4.78 is 0. The molecule has 0 saturated heterocycles. The second kappa shape index (κ2) is 8.11. The number of hydrogen-bond donors (Lipinski definition) is 7. The highest BCUT2D eigenvalue weighted by atomic mass is 16.4. The third-order valence-electron chi connectivity index (χ3n) is 7.36. The van der Waals surface area contributed by atoms with Gasteiger partial charge in [-0.3, -0.25) is 19.3 Å². The van der Waals surface area contributed by atoms with Gasteiger partial charge in [0.1, 0.15) is 22.8 Å². The van der Waals surface area contributed by atoms with Crippen molar-refractivity contribution < 1.29 is 39.9 Å². The molecule has 36 heavy (non-hydrogen) atoms. The first kappa shape index (κ1) is 25.3. The second-order valence-electron chi connectivity index (χ2n) is 9.67. The van der Waals surface area contributed by atoms with E-state index in [4.69, 9.17) is 11.3 Å². The van der Waals surface area contributed by atoms with E-state index < -0.39 is 75.5 Å². The van der Waals surface area contributed by atoms with Crippen LogP contribution in [-0.4, -0.2) is 93.8 Å². The number of likely N-dealkylation sites (N-methyl/N-ethyl adjacent to an activating group) is 1.